The highest BCUT2D eigenvalue weighted by Crippen LogP contribution is 2.51. The summed E-state index contributed by atoms with van der Waals surface area (Å²) < 4.78 is 2.34. The summed E-state index contributed by atoms with van der Waals surface area (Å²) in [6.07, 6.45) is 0. The summed E-state index contributed by atoms with van der Waals surface area (Å²) in [5, 5.41) is 10.8. The summed E-state index contributed by atoms with van der Waals surface area (Å²) in [5.41, 5.74) is 12.6. The van der Waals surface area contributed by atoms with Crippen LogP contribution in [-0.4, -0.2) is 14.5 Å². The molecule has 0 saturated carbocycles. The molecule has 2 aromatic heterocycles. The molecule has 0 N–H and O–H groups in total. The van der Waals surface area contributed by atoms with Crippen LogP contribution in [0.2, 0.25) is 0 Å². The standard InChI is InChI=1S/C50H29N3/c1-2-11-30(12-3-1)31-21-23-34(24-22-31)48-47-35-15-6-4-13-32(35)26-28-43(47)51-50(52-48)53-44-29-42-38-18-9-8-17-37(38)39-19-10-20-40(45(39)42)46(44)41-27-25-33-14-5-7-16-36(33)49(41)53/h1-29H. The Labute approximate surface area is 305 Å². The predicted octanol–water partition coefficient (Wildman–Crippen LogP) is 13.2. The first-order valence-electron chi connectivity index (χ1n) is 18.2. The minimum atomic E-state index is 0.667. The first-order chi connectivity index (χ1) is 26.3. The molecule has 244 valence electrons. The predicted molar refractivity (Wildman–Crippen MR) is 222 cm³/mol. The van der Waals surface area contributed by atoms with Gasteiger partial charge in [-0.3, -0.25) is 4.57 Å². The Morgan fingerprint density at radius 1 is 0.358 bits per heavy atom. The fourth-order valence-corrected chi connectivity index (χ4v) is 9.00. The molecule has 3 nitrogen and oxygen atoms in total. The van der Waals surface area contributed by atoms with E-state index in [4.69, 9.17) is 9.97 Å². The molecule has 0 spiro atoms. The van der Waals surface area contributed by atoms with Crippen LogP contribution < -0.4 is 0 Å². The van der Waals surface area contributed by atoms with Crippen LogP contribution in [0.1, 0.15) is 0 Å². The molecule has 0 atom stereocenters. The zero-order valence-electron chi connectivity index (χ0n) is 28.6. The summed E-state index contributed by atoms with van der Waals surface area (Å²) in [6, 6.07) is 63.5. The third-order valence-electron chi connectivity index (χ3n) is 11.3. The number of fused-ring (bicyclic) bond motifs is 12. The van der Waals surface area contributed by atoms with Gasteiger partial charge in [0, 0.05) is 27.1 Å². The highest BCUT2D eigenvalue weighted by atomic mass is 15.2. The largest absolute Gasteiger partial charge is 0.277 e. The second-order valence-corrected chi connectivity index (χ2v) is 14.1. The van der Waals surface area contributed by atoms with Crippen molar-refractivity contribution < 1.29 is 0 Å². The van der Waals surface area contributed by atoms with Crippen molar-refractivity contribution >= 4 is 65.0 Å². The quantitative estimate of drug-likeness (QED) is 0.175. The third kappa shape index (κ3) is 3.99. The van der Waals surface area contributed by atoms with Gasteiger partial charge in [-0.15, -0.1) is 0 Å². The van der Waals surface area contributed by atoms with Gasteiger partial charge in [0.15, 0.2) is 0 Å². The van der Waals surface area contributed by atoms with Gasteiger partial charge >= 0.3 is 0 Å². The Kier molecular flexibility index (Phi) is 5.77. The van der Waals surface area contributed by atoms with E-state index in [-0.39, 0.29) is 0 Å². The number of benzene rings is 9. The molecule has 3 heteroatoms. The van der Waals surface area contributed by atoms with Gasteiger partial charge in [-0.05, 0) is 72.4 Å². The van der Waals surface area contributed by atoms with E-state index in [1.54, 1.807) is 0 Å². The third-order valence-corrected chi connectivity index (χ3v) is 11.3. The number of nitrogens with zero attached hydrogens (tertiary/aromatic N) is 3. The molecule has 0 unspecified atom stereocenters. The molecular formula is C50H29N3. The van der Waals surface area contributed by atoms with Crippen LogP contribution >= 0.6 is 0 Å². The van der Waals surface area contributed by atoms with Gasteiger partial charge < -0.3 is 0 Å². The molecular weight excluding hydrogens is 643 g/mol. The SMILES string of the molecule is c1ccc(-c2ccc(-c3nc(-n4c5cc6c7c(cccc7c5c5ccc7ccccc7c54)-c4ccccc4-6)nc4ccc5ccccc5c34)cc2)cc1. The summed E-state index contributed by atoms with van der Waals surface area (Å²) >= 11 is 0. The molecule has 0 saturated heterocycles. The number of hydrogen-bond acceptors (Lipinski definition) is 2. The molecule has 11 aromatic rings. The van der Waals surface area contributed by atoms with Crippen LogP contribution in [0.25, 0.3) is 116 Å². The lowest BCUT2D eigenvalue weighted by atomic mass is 9.97. The molecule has 0 fully saturated rings. The molecule has 1 aliphatic rings. The smallest absolute Gasteiger partial charge is 0.235 e. The molecule has 0 bridgehead atoms. The summed E-state index contributed by atoms with van der Waals surface area (Å²) in [6.45, 7) is 0. The first kappa shape index (κ1) is 28.6. The fourth-order valence-electron chi connectivity index (χ4n) is 9.00. The van der Waals surface area contributed by atoms with E-state index in [9.17, 15) is 0 Å². The maximum Gasteiger partial charge on any atom is 0.235 e. The molecule has 0 radical (unpaired) electrons. The number of rotatable bonds is 3. The minimum Gasteiger partial charge on any atom is -0.277 e. The van der Waals surface area contributed by atoms with Crippen LogP contribution in [0.5, 0.6) is 0 Å². The van der Waals surface area contributed by atoms with E-state index in [1.165, 1.54) is 71.1 Å². The van der Waals surface area contributed by atoms with Crippen LogP contribution in [0.3, 0.4) is 0 Å². The van der Waals surface area contributed by atoms with Crippen molar-refractivity contribution in [2.45, 2.75) is 0 Å². The van der Waals surface area contributed by atoms with E-state index in [0.29, 0.717) is 5.95 Å². The average Bonchev–Trinajstić information content (AvgIpc) is 3.75. The number of hydrogen-bond donors (Lipinski definition) is 0. The molecule has 1 aliphatic carbocycles. The lowest BCUT2D eigenvalue weighted by molar-refractivity contribution is 1.02. The summed E-state index contributed by atoms with van der Waals surface area (Å²) in [4.78, 5) is 11.1. The van der Waals surface area contributed by atoms with E-state index >= 15 is 0 Å². The van der Waals surface area contributed by atoms with Crippen LogP contribution in [0.4, 0.5) is 0 Å². The van der Waals surface area contributed by atoms with Crippen molar-refractivity contribution in [1.82, 2.24) is 14.5 Å². The lowest BCUT2D eigenvalue weighted by Crippen LogP contribution is -2.04. The van der Waals surface area contributed by atoms with Crippen molar-refractivity contribution in [1.29, 1.82) is 0 Å². The average molecular weight is 672 g/mol. The maximum absolute atomic E-state index is 5.62. The second-order valence-electron chi connectivity index (χ2n) is 14.1. The molecule has 0 amide bonds. The van der Waals surface area contributed by atoms with E-state index in [1.807, 2.05) is 0 Å². The molecule has 0 aliphatic heterocycles. The van der Waals surface area contributed by atoms with Crippen molar-refractivity contribution in [3.8, 4) is 50.6 Å². The van der Waals surface area contributed by atoms with E-state index < -0.39 is 0 Å². The van der Waals surface area contributed by atoms with E-state index in [2.05, 4.69) is 180 Å². The van der Waals surface area contributed by atoms with Gasteiger partial charge in [-0.1, -0.05) is 164 Å². The second kappa shape index (κ2) is 10.7. The van der Waals surface area contributed by atoms with Gasteiger partial charge in [-0.25, -0.2) is 9.97 Å². The van der Waals surface area contributed by atoms with Crippen molar-refractivity contribution in [2.75, 3.05) is 0 Å². The van der Waals surface area contributed by atoms with Gasteiger partial charge in [0.2, 0.25) is 5.95 Å². The maximum atomic E-state index is 5.62. The first-order valence-corrected chi connectivity index (χ1v) is 18.2. The van der Waals surface area contributed by atoms with Crippen molar-refractivity contribution in [3.63, 3.8) is 0 Å². The minimum absolute atomic E-state index is 0.667. The Balaban J connectivity index is 1.23. The van der Waals surface area contributed by atoms with Gasteiger partial charge in [0.25, 0.3) is 0 Å². The Bertz CT molecular complexity index is 3320. The van der Waals surface area contributed by atoms with Crippen LogP contribution in [-0.2, 0) is 0 Å². The van der Waals surface area contributed by atoms with Gasteiger partial charge in [0.05, 0.1) is 22.2 Å². The van der Waals surface area contributed by atoms with Gasteiger partial charge in [-0.2, -0.15) is 0 Å². The number of aromatic nitrogens is 3. The van der Waals surface area contributed by atoms with Crippen molar-refractivity contribution in [2.24, 2.45) is 0 Å². The molecule has 9 aromatic carbocycles. The van der Waals surface area contributed by atoms with E-state index in [0.717, 1.165) is 38.6 Å². The van der Waals surface area contributed by atoms with Crippen LogP contribution in [0.15, 0.2) is 176 Å². The highest BCUT2D eigenvalue weighted by Gasteiger charge is 2.27. The summed E-state index contributed by atoms with van der Waals surface area (Å²) in [5.74, 6) is 0.667. The monoisotopic (exact) mass is 671 g/mol. The Hall–Kier alpha value is -7.10. The fraction of sp³-hybridized carbons (Fsp3) is 0. The highest BCUT2D eigenvalue weighted by molar-refractivity contribution is 6.31. The summed E-state index contributed by atoms with van der Waals surface area (Å²) in [7, 11) is 0. The van der Waals surface area contributed by atoms with Gasteiger partial charge in [0.1, 0.15) is 0 Å². The molecule has 12 rings (SSSR count). The topological polar surface area (TPSA) is 30.7 Å². The van der Waals surface area contributed by atoms with Crippen molar-refractivity contribution in [3.05, 3.63) is 176 Å². The Morgan fingerprint density at radius 3 is 1.81 bits per heavy atom. The lowest BCUT2D eigenvalue weighted by Gasteiger charge is -2.15. The zero-order chi connectivity index (χ0) is 34.6. The Morgan fingerprint density at radius 2 is 0.981 bits per heavy atom. The molecule has 2 heterocycles. The van der Waals surface area contributed by atoms with Crippen LogP contribution in [0, 0.1) is 0 Å². The molecule has 53 heavy (non-hydrogen) atoms. The normalized spacial score (nSPS) is 12.2. The zero-order valence-corrected chi connectivity index (χ0v) is 28.6.